The van der Waals surface area contributed by atoms with E-state index < -0.39 is 0 Å². The fraction of sp³-hybridized carbons (Fsp3) is 0.727. The molecule has 2 amide bonds. The molecule has 0 aromatic rings. The Morgan fingerprint density at radius 1 is 1.35 bits per heavy atom. The van der Waals surface area contributed by atoms with Crippen LogP contribution in [0.1, 0.15) is 32.1 Å². The zero-order valence-electron chi connectivity index (χ0n) is 9.91. The standard InChI is InChI=1S/C11H19N3O3/c12-9(15)3-1-2-4-10(16)13-6-5-11-14-7-8-17-11/h1-8H2,(H2,12,15)(H,13,16). The first-order valence-electron chi connectivity index (χ1n) is 5.89. The Bertz CT molecular complexity index is 302. The van der Waals surface area contributed by atoms with Crippen molar-refractivity contribution in [3.05, 3.63) is 0 Å². The van der Waals surface area contributed by atoms with Crippen LogP contribution in [-0.4, -0.2) is 37.4 Å². The van der Waals surface area contributed by atoms with E-state index in [1.165, 1.54) is 0 Å². The maximum Gasteiger partial charge on any atom is 0.220 e. The zero-order valence-corrected chi connectivity index (χ0v) is 9.91. The predicted molar refractivity (Wildman–Crippen MR) is 63.5 cm³/mol. The van der Waals surface area contributed by atoms with Gasteiger partial charge >= 0.3 is 0 Å². The molecule has 0 spiro atoms. The summed E-state index contributed by atoms with van der Waals surface area (Å²) in [6.45, 7) is 1.92. The van der Waals surface area contributed by atoms with Crippen LogP contribution in [0.2, 0.25) is 0 Å². The third kappa shape index (κ3) is 6.55. The van der Waals surface area contributed by atoms with Gasteiger partial charge in [-0.05, 0) is 12.8 Å². The molecule has 17 heavy (non-hydrogen) atoms. The Morgan fingerprint density at radius 2 is 2.12 bits per heavy atom. The third-order valence-electron chi connectivity index (χ3n) is 2.39. The largest absolute Gasteiger partial charge is 0.479 e. The van der Waals surface area contributed by atoms with Gasteiger partial charge < -0.3 is 15.8 Å². The van der Waals surface area contributed by atoms with Gasteiger partial charge in [-0.15, -0.1) is 0 Å². The maximum absolute atomic E-state index is 11.4. The minimum atomic E-state index is -0.318. The van der Waals surface area contributed by atoms with Crippen LogP contribution in [0, 0.1) is 0 Å². The highest BCUT2D eigenvalue weighted by molar-refractivity contribution is 5.79. The smallest absolute Gasteiger partial charge is 0.220 e. The van der Waals surface area contributed by atoms with Crippen LogP contribution < -0.4 is 11.1 Å². The lowest BCUT2D eigenvalue weighted by molar-refractivity contribution is -0.122. The normalized spacial score (nSPS) is 14.0. The molecule has 0 atom stereocenters. The van der Waals surface area contributed by atoms with Crippen molar-refractivity contribution in [2.24, 2.45) is 10.7 Å². The van der Waals surface area contributed by atoms with Gasteiger partial charge in [-0.3, -0.25) is 14.6 Å². The number of nitrogens with zero attached hydrogens (tertiary/aromatic N) is 1. The number of rotatable bonds is 8. The maximum atomic E-state index is 11.4. The number of ether oxygens (including phenoxy) is 1. The van der Waals surface area contributed by atoms with Gasteiger partial charge in [0.25, 0.3) is 0 Å². The first-order valence-corrected chi connectivity index (χ1v) is 5.89. The summed E-state index contributed by atoms with van der Waals surface area (Å²) < 4.78 is 5.21. The summed E-state index contributed by atoms with van der Waals surface area (Å²) in [5, 5.41) is 2.78. The molecule has 0 aromatic carbocycles. The van der Waals surface area contributed by atoms with Gasteiger partial charge in [0.1, 0.15) is 6.61 Å². The second-order valence-electron chi connectivity index (χ2n) is 3.90. The van der Waals surface area contributed by atoms with Crippen molar-refractivity contribution in [1.29, 1.82) is 0 Å². The quantitative estimate of drug-likeness (QED) is 0.584. The SMILES string of the molecule is NC(=O)CCCCC(=O)NCCC1=NCCO1. The number of hydrogen-bond acceptors (Lipinski definition) is 4. The van der Waals surface area contributed by atoms with Crippen molar-refractivity contribution in [1.82, 2.24) is 5.32 Å². The molecule has 3 N–H and O–H groups in total. The number of unbranched alkanes of at least 4 members (excludes halogenated alkanes) is 1. The molecule has 96 valence electrons. The Morgan fingerprint density at radius 3 is 2.76 bits per heavy atom. The third-order valence-corrected chi connectivity index (χ3v) is 2.39. The Labute approximate surface area is 101 Å². The Kier molecular flexibility index (Phi) is 6.06. The molecule has 0 aliphatic carbocycles. The molecular formula is C11H19N3O3. The lowest BCUT2D eigenvalue weighted by Gasteiger charge is -2.04. The molecule has 1 rings (SSSR count). The van der Waals surface area contributed by atoms with Crippen molar-refractivity contribution in [3.8, 4) is 0 Å². The van der Waals surface area contributed by atoms with Gasteiger partial charge in [-0.25, -0.2) is 0 Å². The molecule has 0 bridgehead atoms. The van der Waals surface area contributed by atoms with E-state index in [0.29, 0.717) is 45.3 Å². The molecule has 1 heterocycles. The Hall–Kier alpha value is -1.59. The van der Waals surface area contributed by atoms with Crippen LogP contribution in [0.15, 0.2) is 4.99 Å². The van der Waals surface area contributed by atoms with Crippen molar-refractivity contribution in [3.63, 3.8) is 0 Å². The molecular weight excluding hydrogens is 222 g/mol. The summed E-state index contributed by atoms with van der Waals surface area (Å²) in [7, 11) is 0. The fourth-order valence-electron chi connectivity index (χ4n) is 1.51. The van der Waals surface area contributed by atoms with E-state index in [1.54, 1.807) is 0 Å². The molecule has 6 nitrogen and oxygen atoms in total. The lowest BCUT2D eigenvalue weighted by atomic mass is 10.2. The second kappa shape index (κ2) is 7.65. The van der Waals surface area contributed by atoms with Gasteiger partial charge in [0, 0.05) is 25.8 Å². The van der Waals surface area contributed by atoms with Crippen molar-refractivity contribution in [2.45, 2.75) is 32.1 Å². The first kappa shape index (κ1) is 13.5. The van der Waals surface area contributed by atoms with Crippen LogP contribution in [0.5, 0.6) is 0 Å². The number of hydrogen-bond donors (Lipinski definition) is 2. The number of nitrogens with two attached hydrogens (primary N) is 1. The fourth-order valence-corrected chi connectivity index (χ4v) is 1.51. The summed E-state index contributed by atoms with van der Waals surface area (Å²) in [5.41, 5.74) is 4.99. The molecule has 6 heteroatoms. The van der Waals surface area contributed by atoms with Crippen molar-refractivity contribution >= 4 is 17.7 Å². The van der Waals surface area contributed by atoms with Crippen LogP contribution in [0.4, 0.5) is 0 Å². The number of amides is 2. The van der Waals surface area contributed by atoms with E-state index in [2.05, 4.69) is 10.3 Å². The van der Waals surface area contributed by atoms with E-state index in [4.69, 9.17) is 10.5 Å². The number of carbonyl (C=O) groups excluding carboxylic acids is 2. The molecule has 1 aliphatic heterocycles. The minimum Gasteiger partial charge on any atom is -0.479 e. The second-order valence-corrected chi connectivity index (χ2v) is 3.90. The van der Waals surface area contributed by atoms with Gasteiger partial charge in [0.05, 0.1) is 6.54 Å². The van der Waals surface area contributed by atoms with Crippen LogP contribution >= 0.6 is 0 Å². The van der Waals surface area contributed by atoms with Gasteiger partial charge in [-0.2, -0.15) is 0 Å². The highest BCUT2D eigenvalue weighted by atomic mass is 16.5. The summed E-state index contributed by atoms with van der Waals surface area (Å²) >= 11 is 0. The van der Waals surface area contributed by atoms with E-state index in [0.717, 1.165) is 12.4 Å². The van der Waals surface area contributed by atoms with Crippen LogP contribution in [0.25, 0.3) is 0 Å². The number of aliphatic imine (C=N–C) groups is 1. The van der Waals surface area contributed by atoms with Crippen LogP contribution in [-0.2, 0) is 14.3 Å². The average molecular weight is 241 g/mol. The first-order chi connectivity index (χ1) is 8.18. The van der Waals surface area contributed by atoms with Gasteiger partial charge in [-0.1, -0.05) is 0 Å². The van der Waals surface area contributed by atoms with E-state index in [-0.39, 0.29) is 11.8 Å². The molecule has 1 aliphatic rings. The topological polar surface area (TPSA) is 93.8 Å². The predicted octanol–water partition coefficient (Wildman–Crippen LogP) is -0.0329. The van der Waals surface area contributed by atoms with Crippen molar-refractivity contribution in [2.75, 3.05) is 19.7 Å². The highest BCUT2D eigenvalue weighted by Crippen LogP contribution is 2.00. The highest BCUT2D eigenvalue weighted by Gasteiger charge is 2.07. The van der Waals surface area contributed by atoms with E-state index >= 15 is 0 Å². The molecule has 0 aromatic heterocycles. The number of primary amides is 1. The summed E-state index contributed by atoms with van der Waals surface area (Å²) in [6, 6.07) is 0. The summed E-state index contributed by atoms with van der Waals surface area (Å²) in [6.07, 6.45) is 2.77. The average Bonchev–Trinajstić information content (AvgIpc) is 2.77. The number of nitrogens with one attached hydrogen (secondary N) is 1. The van der Waals surface area contributed by atoms with Gasteiger partial charge in [0.15, 0.2) is 5.90 Å². The molecule has 0 unspecified atom stereocenters. The Balaban J connectivity index is 1.95. The molecule has 0 fully saturated rings. The summed E-state index contributed by atoms with van der Waals surface area (Å²) in [5.74, 6) is 0.397. The number of carbonyl (C=O) groups is 2. The minimum absolute atomic E-state index is 0.00642. The van der Waals surface area contributed by atoms with E-state index in [1.807, 2.05) is 0 Å². The molecule has 0 saturated heterocycles. The zero-order chi connectivity index (χ0) is 12.5. The molecule has 0 saturated carbocycles. The van der Waals surface area contributed by atoms with Crippen LogP contribution in [0.3, 0.4) is 0 Å². The van der Waals surface area contributed by atoms with Gasteiger partial charge in [0.2, 0.25) is 11.8 Å². The summed E-state index contributed by atoms with van der Waals surface area (Å²) in [4.78, 5) is 25.9. The molecule has 0 radical (unpaired) electrons. The monoisotopic (exact) mass is 241 g/mol. The van der Waals surface area contributed by atoms with E-state index in [9.17, 15) is 9.59 Å². The van der Waals surface area contributed by atoms with Crippen molar-refractivity contribution < 1.29 is 14.3 Å². The lowest BCUT2D eigenvalue weighted by Crippen LogP contribution is -2.25.